The number of ether oxygens (including phenoxy) is 1. The van der Waals surface area contributed by atoms with Gasteiger partial charge in [-0.25, -0.2) is 9.78 Å². The van der Waals surface area contributed by atoms with Crippen molar-refractivity contribution in [3.8, 4) is 0 Å². The van der Waals surface area contributed by atoms with Crippen LogP contribution in [-0.2, 0) is 9.53 Å². The molecular formula is C20H23Cl3N2O3. The molecule has 28 heavy (non-hydrogen) atoms. The number of nitrogens with one attached hydrogen (secondary N) is 1. The number of nitrogens with zero attached hydrogens (tertiary/aromatic N) is 1. The maximum atomic E-state index is 12.4. The average molecular weight is 446 g/mol. The summed E-state index contributed by atoms with van der Waals surface area (Å²) >= 11 is 17.7. The number of carbonyl (C=O) groups is 2. The minimum atomic E-state index is -0.804. The van der Waals surface area contributed by atoms with Gasteiger partial charge in [0.05, 0.1) is 15.1 Å². The van der Waals surface area contributed by atoms with Crippen molar-refractivity contribution < 1.29 is 14.3 Å². The van der Waals surface area contributed by atoms with Crippen molar-refractivity contribution >= 4 is 46.7 Å². The van der Waals surface area contributed by atoms with E-state index in [0.717, 1.165) is 17.8 Å². The minimum absolute atomic E-state index is 0.0326. The Morgan fingerprint density at radius 1 is 1.14 bits per heavy atom. The van der Waals surface area contributed by atoms with Gasteiger partial charge in [0.2, 0.25) is 0 Å². The fraction of sp³-hybridized carbons (Fsp3) is 0.650. The Balaban J connectivity index is 1.34. The quantitative estimate of drug-likeness (QED) is 0.653. The summed E-state index contributed by atoms with van der Waals surface area (Å²) in [7, 11) is 0. The van der Waals surface area contributed by atoms with Crippen LogP contribution < -0.4 is 5.32 Å². The Morgan fingerprint density at radius 3 is 2.29 bits per heavy atom. The standard InChI is InChI=1S/C20H23Cl3N2O3/c1-10(20-5-11-2-12(6-20)4-13(3-11)7-20)25-15(26)9-28-19(27)18-17(23)16(22)14(21)8-24-18/h8,10-13H,2-7,9H2,1H3,(H,25,26). The van der Waals surface area contributed by atoms with Crippen molar-refractivity contribution in [2.75, 3.05) is 6.61 Å². The van der Waals surface area contributed by atoms with E-state index in [2.05, 4.69) is 17.2 Å². The fourth-order valence-electron chi connectivity index (χ4n) is 5.93. The molecule has 5 nitrogen and oxygen atoms in total. The molecule has 0 saturated heterocycles. The number of hydrogen-bond acceptors (Lipinski definition) is 4. The lowest BCUT2D eigenvalue weighted by Crippen LogP contribution is -2.56. The molecule has 8 heteroatoms. The van der Waals surface area contributed by atoms with Gasteiger partial charge >= 0.3 is 5.97 Å². The van der Waals surface area contributed by atoms with E-state index in [0.29, 0.717) is 0 Å². The molecule has 1 atom stereocenters. The highest BCUT2D eigenvalue weighted by Gasteiger charge is 2.53. The van der Waals surface area contributed by atoms with Crippen LogP contribution in [-0.4, -0.2) is 29.5 Å². The van der Waals surface area contributed by atoms with Crippen molar-refractivity contribution in [1.29, 1.82) is 0 Å². The van der Waals surface area contributed by atoms with Gasteiger partial charge in [0.15, 0.2) is 12.3 Å². The van der Waals surface area contributed by atoms with Crippen molar-refractivity contribution in [3.05, 3.63) is 27.0 Å². The molecule has 4 aliphatic rings. The van der Waals surface area contributed by atoms with Crippen molar-refractivity contribution in [3.63, 3.8) is 0 Å². The number of halogens is 3. The minimum Gasteiger partial charge on any atom is -0.451 e. The Hall–Kier alpha value is -1.04. The van der Waals surface area contributed by atoms with Gasteiger partial charge in [-0.2, -0.15) is 0 Å². The highest BCUT2D eigenvalue weighted by atomic mass is 35.5. The third kappa shape index (κ3) is 3.73. The molecule has 1 N–H and O–H groups in total. The monoisotopic (exact) mass is 444 g/mol. The number of esters is 1. The summed E-state index contributed by atoms with van der Waals surface area (Å²) in [6, 6.07) is 0.0683. The third-order valence-corrected chi connectivity index (χ3v) is 8.07. The Morgan fingerprint density at radius 2 is 1.71 bits per heavy atom. The number of pyridine rings is 1. The molecule has 5 rings (SSSR count). The Kier molecular flexibility index (Phi) is 5.54. The second kappa shape index (κ2) is 7.66. The zero-order chi connectivity index (χ0) is 20.1. The molecule has 4 aliphatic carbocycles. The fourth-order valence-corrected chi connectivity index (χ4v) is 6.49. The number of aromatic nitrogens is 1. The second-order valence-electron chi connectivity index (χ2n) is 8.73. The van der Waals surface area contributed by atoms with E-state index >= 15 is 0 Å². The molecule has 1 aromatic heterocycles. The number of amides is 1. The molecule has 152 valence electrons. The van der Waals surface area contributed by atoms with Crippen molar-refractivity contribution in [1.82, 2.24) is 10.3 Å². The summed E-state index contributed by atoms with van der Waals surface area (Å²) in [5.41, 5.74) is 0.0428. The molecule has 0 spiro atoms. The lowest BCUT2D eigenvalue weighted by Gasteiger charge is -2.59. The largest absolute Gasteiger partial charge is 0.451 e. The first-order valence-electron chi connectivity index (χ1n) is 9.73. The van der Waals surface area contributed by atoms with Crippen molar-refractivity contribution in [2.45, 2.75) is 51.5 Å². The van der Waals surface area contributed by atoms with Crippen LogP contribution in [0.15, 0.2) is 6.20 Å². The Labute approximate surface area is 179 Å². The molecule has 1 aromatic rings. The van der Waals surface area contributed by atoms with E-state index in [4.69, 9.17) is 39.5 Å². The first-order valence-corrected chi connectivity index (χ1v) is 10.9. The van der Waals surface area contributed by atoms with Crippen LogP contribution in [0.2, 0.25) is 15.1 Å². The highest BCUT2D eigenvalue weighted by molar-refractivity contribution is 6.48. The third-order valence-electron chi connectivity index (χ3n) is 6.83. The van der Waals surface area contributed by atoms with Crippen LogP contribution in [0.3, 0.4) is 0 Å². The topological polar surface area (TPSA) is 68.3 Å². The zero-order valence-electron chi connectivity index (χ0n) is 15.6. The smallest absolute Gasteiger partial charge is 0.359 e. The SMILES string of the molecule is CC(NC(=O)COC(=O)c1ncc(Cl)c(Cl)c1Cl)C12CC3CC(CC(C3)C1)C2. The lowest BCUT2D eigenvalue weighted by molar-refractivity contribution is -0.128. The van der Waals surface area contributed by atoms with Crippen LogP contribution >= 0.6 is 34.8 Å². The maximum absolute atomic E-state index is 12.4. The molecule has 1 heterocycles. The molecular weight excluding hydrogens is 423 g/mol. The van der Waals surface area contributed by atoms with E-state index in [9.17, 15) is 9.59 Å². The van der Waals surface area contributed by atoms with Crippen LogP contribution in [0, 0.1) is 23.2 Å². The summed E-state index contributed by atoms with van der Waals surface area (Å²) in [6.07, 6.45) is 8.88. The lowest BCUT2D eigenvalue weighted by atomic mass is 9.48. The number of hydrogen-bond donors (Lipinski definition) is 1. The van der Waals surface area contributed by atoms with Gasteiger partial charge in [-0.1, -0.05) is 34.8 Å². The zero-order valence-corrected chi connectivity index (χ0v) is 17.9. The molecule has 4 bridgehead atoms. The molecule has 1 unspecified atom stereocenters. The van der Waals surface area contributed by atoms with E-state index < -0.39 is 5.97 Å². The summed E-state index contributed by atoms with van der Waals surface area (Å²) in [5, 5.41) is 3.16. The first-order chi connectivity index (χ1) is 13.3. The number of rotatable bonds is 5. The Bertz CT molecular complexity index is 779. The van der Waals surface area contributed by atoms with E-state index in [1.807, 2.05) is 0 Å². The van der Waals surface area contributed by atoms with Gasteiger partial charge in [0.25, 0.3) is 5.91 Å². The molecule has 0 aliphatic heterocycles. The predicted octanol–water partition coefficient (Wildman–Crippen LogP) is 4.92. The molecule has 4 fully saturated rings. The molecule has 4 saturated carbocycles. The van der Waals surface area contributed by atoms with Gasteiger partial charge in [-0.05, 0) is 68.6 Å². The molecule has 0 aromatic carbocycles. The van der Waals surface area contributed by atoms with Crippen LogP contribution in [0.4, 0.5) is 0 Å². The summed E-state index contributed by atoms with van der Waals surface area (Å²) in [4.78, 5) is 28.4. The van der Waals surface area contributed by atoms with E-state index in [-0.39, 0.29) is 44.7 Å². The second-order valence-corrected chi connectivity index (χ2v) is 9.89. The summed E-state index contributed by atoms with van der Waals surface area (Å²) in [6.45, 7) is 1.71. The molecule has 0 radical (unpaired) electrons. The van der Waals surface area contributed by atoms with Gasteiger partial charge in [0.1, 0.15) is 0 Å². The van der Waals surface area contributed by atoms with Gasteiger partial charge < -0.3 is 10.1 Å². The number of carbonyl (C=O) groups excluding carboxylic acids is 2. The van der Waals surface area contributed by atoms with Crippen LogP contribution in [0.25, 0.3) is 0 Å². The maximum Gasteiger partial charge on any atom is 0.359 e. The predicted molar refractivity (Wildman–Crippen MR) is 108 cm³/mol. The highest BCUT2D eigenvalue weighted by Crippen LogP contribution is 2.61. The van der Waals surface area contributed by atoms with Crippen LogP contribution in [0.1, 0.15) is 55.9 Å². The van der Waals surface area contributed by atoms with Crippen molar-refractivity contribution in [2.24, 2.45) is 23.2 Å². The summed E-state index contributed by atoms with van der Waals surface area (Å²) < 4.78 is 5.09. The van der Waals surface area contributed by atoms with Gasteiger partial charge in [-0.15, -0.1) is 0 Å². The first kappa shape index (κ1) is 20.2. The van der Waals surface area contributed by atoms with Gasteiger partial charge in [0, 0.05) is 12.2 Å². The van der Waals surface area contributed by atoms with Gasteiger partial charge in [-0.3, -0.25) is 4.79 Å². The van der Waals surface area contributed by atoms with E-state index in [1.54, 1.807) is 0 Å². The normalized spacial score (nSPS) is 31.5. The van der Waals surface area contributed by atoms with Crippen LogP contribution in [0.5, 0.6) is 0 Å². The summed E-state index contributed by atoms with van der Waals surface area (Å²) in [5.74, 6) is 1.32. The van der Waals surface area contributed by atoms with E-state index in [1.165, 1.54) is 44.7 Å². The average Bonchev–Trinajstić information content (AvgIpc) is 2.63. The molecule has 1 amide bonds.